The number of rotatable bonds is 3. The molecule has 1 saturated carbocycles. The fourth-order valence-corrected chi connectivity index (χ4v) is 3.89. The van der Waals surface area contributed by atoms with Gasteiger partial charge in [-0.25, -0.2) is 0 Å². The number of hydrogen-bond donors (Lipinski definition) is 0. The van der Waals surface area contributed by atoms with Gasteiger partial charge in [-0.3, -0.25) is 4.79 Å². The highest BCUT2D eigenvalue weighted by molar-refractivity contribution is 8.00. The molecule has 0 radical (unpaired) electrons. The summed E-state index contributed by atoms with van der Waals surface area (Å²) in [6.45, 7) is 3.40. The average molecular weight is 270 g/mol. The van der Waals surface area contributed by atoms with E-state index in [1.165, 1.54) is 39.0 Å². The third-order valence-corrected chi connectivity index (χ3v) is 4.84. The SMILES string of the molecule is CC(=O)O[C@@H]1C=C[C@@H](SC2CCCCC2)O[C@H]1C. The molecule has 4 heteroatoms. The van der Waals surface area contributed by atoms with E-state index in [0.29, 0.717) is 0 Å². The second kappa shape index (κ2) is 6.62. The van der Waals surface area contributed by atoms with Gasteiger partial charge in [-0.15, -0.1) is 11.8 Å². The van der Waals surface area contributed by atoms with E-state index in [-0.39, 0.29) is 23.6 Å². The van der Waals surface area contributed by atoms with Crippen LogP contribution in [0.2, 0.25) is 0 Å². The Morgan fingerprint density at radius 2 is 2.00 bits per heavy atom. The van der Waals surface area contributed by atoms with Crippen molar-refractivity contribution in [1.29, 1.82) is 0 Å². The van der Waals surface area contributed by atoms with Gasteiger partial charge in [0, 0.05) is 12.2 Å². The summed E-state index contributed by atoms with van der Waals surface area (Å²) in [7, 11) is 0. The van der Waals surface area contributed by atoms with E-state index in [1.54, 1.807) is 0 Å². The molecule has 0 aromatic heterocycles. The van der Waals surface area contributed by atoms with Crippen LogP contribution in [-0.4, -0.2) is 28.9 Å². The average Bonchev–Trinajstić information content (AvgIpc) is 2.33. The fourth-order valence-electron chi connectivity index (χ4n) is 2.49. The zero-order valence-corrected chi connectivity index (χ0v) is 11.9. The lowest BCUT2D eigenvalue weighted by atomic mass is 10.0. The Kier molecular flexibility index (Phi) is 5.13. The van der Waals surface area contributed by atoms with Gasteiger partial charge in [0.1, 0.15) is 11.5 Å². The molecule has 102 valence electrons. The van der Waals surface area contributed by atoms with E-state index >= 15 is 0 Å². The smallest absolute Gasteiger partial charge is 0.303 e. The van der Waals surface area contributed by atoms with Gasteiger partial charge in [-0.1, -0.05) is 19.3 Å². The van der Waals surface area contributed by atoms with Gasteiger partial charge in [0.2, 0.25) is 0 Å². The van der Waals surface area contributed by atoms with E-state index in [2.05, 4.69) is 0 Å². The summed E-state index contributed by atoms with van der Waals surface area (Å²) >= 11 is 1.92. The molecular weight excluding hydrogens is 248 g/mol. The lowest BCUT2D eigenvalue weighted by Crippen LogP contribution is -2.35. The summed E-state index contributed by atoms with van der Waals surface area (Å²) in [6.07, 6.45) is 10.4. The van der Waals surface area contributed by atoms with E-state index in [4.69, 9.17) is 9.47 Å². The van der Waals surface area contributed by atoms with Crippen molar-refractivity contribution in [1.82, 2.24) is 0 Å². The second-order valence-electron chi connectivity index (χ2n) is 5.06. The monoisotopic (exact) mass is 270 g/mol. The van der Waals surface area contributed by atoms with Crippen LogP contribution in [0.3, 0.4) is 0 Å². The maximum absolute atomic E-state index is 10.9. The first kappa shape index (κ1) is 13.9. The lowest BCUT2D eigenvalue weighted by molar-refractivity contribution is -0.151. The summed E-state index contributed by atoms with van der Waals surface area (Å²) in [5.74, 6) is -0.251. The molecule has 2 aliphatic rings. The number of esters is 1. The number of carbonyl (C=O) groups is 1. The zero-order valence-electron chi connectivity index (χ0n) is 11.1. The predicted octanol–water partition coefficient (Wildman–Crippen LogP) is 3.29. The van der Waals surface area contributed by atoms with Crippen molar-refractivity contribution >= 4 is 17.7 Å². The number of ether oxygens (including phenoxy) is 2. The lowest BCUT2D eigenvalue weighted by Gasteiger charge is -2.32. The van der Waals surface area contributed by atoms with Gasteiger partial charge in [0.25, 0.3) is 0 Å². The first-order valence-corrected chi connectivity index (χ1v) is 7.76. The molecule has 0 aromatic rings. The molecular formula is C14H22O3S. The standard InChI is InChI=1S/C14H22O3S/c1-10-13(17-11(2)15)8-9-14(16-10)18-12-6-4-3-5-7-12/h8-10,12-14H,3-7H2,1-2H3/t10-,13+,14+/m0/s1. The summed E-state index contributed by atoms with van der Waals surface area (Å²) in [5.41, 5.74) is 0.120. The van der Waals surface area contributed by atoms with E-state index in [1.807, 2.05) is 30.8 Å². The minimum atomic E-state index is -0.251. The van der Waals surface area contributed by atoms with Crippen molar-refractivity contribution in [3.05, 3.63) is 12.2 Å². The van der Waals surface area contributed by atoms with Crippen LogP contribution in [0.5, 0.6) is 0 Å². The van der Waals surface area contributed by atoms with Crippen molar-refractivity contribution in [2.24, 2.45) is 0 Å². The maximum atomic E-state index is 10.9. The molecule has 3 nitrogen and oxygen atoms in total. The molecule has 0 unspecified atom stereocenters. The molecule has 1 fully saturated rings. The van der Waals surface area contributed by atoms with Gasteiger partial charge in [0.05, 0.1) is 6.10 Å². The molecule has 0 aromatic carbocycles. The molecule has 3 atom stereocenters. The van der Waals surface area contributed by atoms with Crippen LogP contribution < -0.4 is 0 Å². The Balaban J connectivity index is 1.83. The normalized spacial score (nSPS) is 33.3. The first-order valence-electron chi connectivity index (χ1n) is 6.81. The quantitative estimate of drug-likeness (QED) is 0.582. The molecule has 0 amide bonds. The third kappa shape index (κ3) is 4.02. The molecule has 1 heterocycles. The van der Waals surface area contributed by atoms with Gasteiger partial charge in [-0.05, 0) is 31.9 Å². The Morgan fingerprint density at radius 3 is 2.61 bits per heavy atom. The van der Waals surface area contributed by atoms with Crippen molar-refractivity contribution in [2.75, 3.05) is 0 Å². The van der Waals surface area contributed by atoms with Crippen molar-refractivity contribution in [3.8, 4) is 0 Å². The molecule has 2 rings (SSSR count). The van der Waals surface area contributed by atoms with Crippen LogP contribution in [0.25, 0.3) is 0 Å². The molecule has 1 aliphatic carbocycles. The van der Waals surface area contributed by atoms with E-state index in [0.717, 1.165) is 5.25 Å². The number of thioether (sulfide) groups is 1. The highest BCUT2D eigenvalue weighted by Gasteiger charge is 2.28. The molecule has 0 N–H and O–H groups in total. The van der Waals surface area contributed by atoms with Gasteiger partial charge >= 0.3 is 5.97 Å². The first-order chi connectivity index (χ1) is 8.65. The molecule has 0 bridgehead atoms. The molecule has 1 aliphatic heterocycles. The van der Waals surface area contributed by atoms with Gasteiger partial charge in [-0.2, -0.15) is 0 Å². The Labute approximate surface area is 113 Å². The Morgan fingerprint density at radius 1 is 1.28 bits per heavy atom. The highest BCUT2D eigenvalue weighted by atomic mass is 32.2. The maximum Gasteiger partial charge on any atom is 0.303 e. The van der Waals surface area contributed by atoms with Crippen LogP contribution in [0, 0.1) is 0 Å². The topological polar surface area (TPSA) is 35.5 Å². The summed E-state index contributed by atoms with van der Waals surface area (Å²) in [4.78, 5) is 10.9. The van der Waals surface area contributed by atoms with Gasteiger partial charge in [0.15, 0.2) is 0 Å². The minimum Gasteiger partial charge on any atom is -0.456 e. The van der Waals surface area contributed by atoms with E-state index in [9.17, 15) is 4.79 Å². The van der Waals surface area contributed by atoms with Gasteiger partial charge < -0.3 is 9.47 Å². The van der Waals surface area contributed by atoms with Crippen LogP contribution >= 0.6 is 11.8 Å². The summed E-state index contributed by atoms with van der Waals surface area (Å²) in [6, 6.07) is 0. The summed E-state index contributed by atoms with van der Waals surface area (Å²) in [5, 5.41) is 0.728. The molecule has 18 heavy (non-hydrogen) atoms. The van der Waals surface area contributed by atoms with Crippen LogP contribution in [0.4, 0.5) is 0 Å². The zero-order chi connectivity index (χ0) is 13.0. The molecule has 0 saturated heterocycles. The van der Waals surface area contributed by atoms with Crippen LogP contribution in [-0.2, 0) is 14.3 Å². The largest absolute Gasteiger partial charge is 0.456 e. The Hall–Kier alpha value is -0.480. The predicted molar refractivity (Wildman–Crippen MR) is 73.5 cm³/mol. The minimum absolute atomic E-state index is 0.0556. The Bertz CT molecular complexity index is 310. The summed E-state index contributed by atoms with van der Waals surface area (Å²) < 4.78 is 11.1. The molecule has 0 spiro atoms. The van der Waals surface area contributed by atoms with Crippen molar-refractivity contribution < 1.29 is 14.3 Å². The number of hydrogen-bond acceptors (Lipinski definition) is 4. The van der Waals surface area contributed by atoms with E-state index < -0.39 is 0 Å². The van der Waals surface area contributed by atoms with Crippen molar-refractivity contribution in [2.45, 2.75) is 68.8 Å². The second-order valence-corrected chi connectivity index (χ2v) is 6.47. The number of carbonyl (C=O) groups excluding carboxylic acids is 1. The fraction of sp³-hybridized carbons (Fsp3) is 0.786. The van der Waals surface area contributed by atoms with Crippen molar-refractivity contribution in [3.63, 3.8) is 0 Å². The third-order valence-electron chi connectivity index (χ3n) is 3.45. The highest BCUT2D eigenvalue weighted by Crippen LogP contribution is 2.34. The van der Waals surface area contributed by atoms with Crippen LogP contribution in [0.15, 0.2) is 12.2 Å². The van der Waals surface area contributed by atoms with Crippen LogP contribution in [0.1, 0.15) is 46.0 Å².